The third-order valence-electron chi connectivity index (χ3n) is 3.44. The standard InChI is InChI=1S/C18H21N3O5S/c1-4-25-13-8-6-12(7-9-13)20-15(22)11-21-16(23)14(17(24)26-5-2)10-19-18(21)27-3/h6-10H,4-5,11H2,1-3H3,(H,20,22). The van der Waals surface area contributed by atoms with E-state index >= 15 is 0 Å². The van der Waals surface area contributed by atoms with Gasteiger partial charge in [0, 0.05) is 5.69 Å². The maximum atomic E-state index is 12.6. The first-order valence-corrected chi connectivity index (χ1v) is 9.56. The molecule has 0 fully saturated rings. The Hall–Kier alpha value is -2.81. The highest BCUT2D eigenvalue weighted by atomic mass is 32.2. The average Bonchev–Trinajstić information content (AvgIpc) is 2.65. The number of hydrogen-bond acceptors (Lipinski definition) is 7. The number of hydrogen-bond donors (Lipinski definition) is 1. The van der Waals surface area contributed by atoms with Gasteiger partial charge >= 0.3 is 5.97 Å². The smallest absolute Gasteiger partial charge is 0.345 e. The molecule has 0 aliphatic rings. The van der Waals surface area contributed by atoms with Crippen LogP contribution in [0.5, 0.6) is 5.75 Å². The number of carbonyl (C=O) groups excluding carboxylic acids is 2. The number of nitrogens with zero attached hydrogens (tertiary/aromatic N) is 2. The fourth-order valence-electron chi connectivity index (χ4n) is 2.27. The quantitative estimate of drug-likeness (QED) is 0.418. The van der Waals surface area contributed by atoms with Crippen molar-refractivity contribution < 1.29 is 19.1 Å². The maximum absolute atomic E-state index is 12.6. The monoisotopic (exact) mass is 391 g/mol. The lowest BCUT2D eigenvalue weighted by atomic mass is 10.3. The van der Waals surface area contributed by atoms with Gasteiger partial charge in [0.15, 0.2) is 5.16 Å². The van der Waals surface area contributed by atoms with Crippen LogP contribution in [-0.4, -0.2) is 40.9 Å². The van der Waals surface area contributed by atoms with Crippen LogP contribution in [0.25, 0.3) is 0 Å². The van der Waals surface area contributed by atoms with Gasteiger partial charge in [-0.05, 0) is 44.4 Å². The highest BCUT2D eigenvalue weighted by molar-refractivity contribution is 7.98. The fourth-order valence-corrected chi connectivity index (χ4v) is 2.80. The Bertz CT molecular complexity index is 864. The first-order valence-electron chi connectivity index (χ1n) is 8.33. The number of amides is 1. The number of esters is 1. The van der Waals surface area contributed by atoms with Gasteiger partial charge < -0.3 is 14.8 Å². The van der Waals surface area contributed by atoms with E-state index in [9.17, 15) is 14.4 Å². The van der Waals surface area contributed by atoms with E-state index in [1.165, 1.54) is 18.0 Å². The Labute approximate surface area is 160 Å². The van der Waals surface area contributed by atoms with Crippen molar-refractivity contribution in [2.45, 2.75) is 25.5 Å². The second-order valence-electron chi connectivity index (χ2n) is 5.28. The summed E-state index contributed by atoms with van der Waals surface area (Å²) in [6.07, 6.45) is 2.90. The number of anilines is 1. The van der Waals surface area contributed by atoms with Gasteiger partial charge in [0.05, 0.1) is 19.4 Å². The SMILES string of the molecule is CCOC(=O)c1cnc(SC)n(CC(=O)Nc2ccc(OCC)cc2)c1=O. The molecule has 0 radical (unpaired) electrons. The third kappa shape index (κ3) is 5.33. The highest BCUT2D eigenvalue weighted by Crippen LogP contribution is 2.16. The molecule has 0 bridgehead atoms. The molecule has 2 aromatic rings. The molecule has 9 heteroatoms. The van der Waals surface area contributed by atoms with Crippen LogP contribution in [0, 0.1) is 0 Å². The van der Waals surface area contributed by atoms with Crippen molar-refractivity contribution in [3.63, 3.8) is 0 Å². The molecule has 0 aliphatic carbocycles. The maximum Gasteiger partial charge on any atom is 0.345 e. The van der Waals surface area contributed by atoms with Crippen molar-refractivity contribution >= 4 is 29.3 Å². The van der Waals surface area contributed by atoms with Crippen molar-refractivity contribution in [2.75, 3.05) is 24.8 Å². The van der Waals surface area contributed by atoms with Crippen LogP contribution in [0.4, 0.5) is 5.69 Å². The Morgan fingerprint density at radius 3 is 2.48 bits per heavy atom. The van der Waals surface area contributed by atoms with E-state index in [0.717, 1.165) is 4.57 Å². The third-order valence-corrected chi connectivity index (χ3v) is 4.13. The van der Waals surface area contributed by atoms with Gasteiger partial charge in [-0.25, -0.2) is 9.78 Å². The van der Waals surface area contributed by atoms with Gasteiger partial charge in [-0.3, -0.25) is 14.2 Å². The molecule has 1 amide bonds. The number of thioether (sulfide) groups is 1. The summed E-state index contributed by atoms with van der Waals surface area (Å²) in [5.41, 5.74) is -0.255. The molecule has 27 heavy (non-hydrogen) atoms. The van der Waals surface area contributed by atoms with E-state index in [-0.39, 0.29) is 18.7 Å². The van der Waals surface area contributed by atoms with Gasteiger partial charge in [0.2, 0.25) is 5.91 Å². The minimum absolute atomic E-state index is 0.140. The summed E-state index contributed by atoms with van der Waals surface area (Å²) in [5.74, 6) is -0.481. The van der Waals surface area contributed by atoms with E-state index in [2.05, 4.69) is 10.3 Å². The van der Waals surface area contributed by atoms with Gasteiger partial charge in [-0.1, -0.05) is 11.8 Å². The molecular weight excluding hydrogens is 370 g/mol. The number of benzene rings is 1. The molecule has 1 aromatic carbocycles. The molecule has 0 spiro atoms. The summed E-state index contributed by atoms with van der Waals surface area (Å²) in [6, 6.07) is 6.88. The predicted molar refractivity (Wildman–Crippen MR) is 102 cm³/mol. The van der Waals surface area contributed by atoms with E-state index in [1.807, 2.05) is 6.92 Å². The normalized spacial score (nSPS) is 10.3. The van der Waals surface area contributed by atoms with E-state index in [0.29, 0.717) is 23.2 Å². The molecule has 0 saturated heterocycles. The van der Waals surface area contributed by atoms with Crippen LogP contribution < -0.4 is 15.6 Å². The van der Waals surface area contributed by atoms with Crippen molar-refractivity contribution in [2.24, 2.45) is 0 Å². The topological polar surface area (TPSA) is 99.5 Å². The Morgan fingerprint density at radius 2 is 1.89 bits per heavy atom. The largest absolute Gasteiger partial charge is 0.494 e. The second-order valence-corrected chi connectivity index (χ2v) is 6.05. The summed E-state index contributed by atoms with van der Waals surface area (Å²) in [7, 11) is 0. The number of ether oxygens (including phenoxy) is 2. The van der Waals surface area contributed by atoms with E-state index in [4.69, 9.17) is 9.47 Å². The van der Waals surface area contributed by atoms with Gasteiger partial charge in [0.1, 0.15) is 17.9 Å². The first kappa shape index (κ1) is 20.5. The lowest BCUT2D eigenvalue weighted by molar-refractivity contribution is -0.116. The van der Waals surface area contributed by atoms with Crippen molar-refractivity contribution in [1.82, 2.24) is 9.55 Å². The van der Waals surface area contributed by atoms with Crippen LogP contribution in [0.2, 0.25) is 0 Å². The van der Waals surface area contributed by atoms with Crippen LogP contribution in [-0.2, 0) is 16.1 Å². The molecule has 0 aliphatic heterocycles. The minimum atomic E-state index is -0.761. The lowest BCUT2D eigenvalue weighted by Crippen LogP contribution is -2.33. The number of nitrogens with one attached hydrogen (secondary N) is 1. The first-order chi connectivity index (χ1) is 13.0. The van der Waals surface area contributed by atoms with Crippen LogP contribution in [0.15, 0.2) is 40.4 Å². The number of carbonyl (C=O) groups is 2. The van der Waals surface area contributed by atoms with Crippen LogP contribution >= 0.6 is 11.8 Å². The summed E-state index contributed by atoms with van der Waals surface area (Å²) in [5, 5.41) is 3.03. The van der Waals surface area contributed by atoms with Crippen LogP contribution in [0.1, 0.15) is 24.2 Å². The molecule has 1 N–H and O–H groups in total. The summed E-state index contributed by atoms with van der Waals surface area (Å²) >= 11 is 1.20. The number of aromatic nitrogens is 2. The van der Waals surface area contributed by atoms with Crippen molar-refractivity contribution in [3.8, 4) is 5.75 Å². The zero-order valence-electron chi connectivity index (χ0n) is 15.4. The van der Waals surface area contributed by atoms with Gasteiger partial charge in [-0.15, -0.1) is 0 Å². The Morgan fingerprint density at radius 1 is 1.19 bits per heavy atom. The van der Waals surface area contributed by atoms with Crippen molar-refractivity contribution in [3.05, 3.63) is 46.4 Å². The minimum Gasteiger partial charge on any atom is -0.494 e. The predicted octanol–water partition coefficient (Wildman–Crippen LogP) is 2.18. The fraction of sp³-hybridized carbons (Fsp3) is 0.333. The number of rotatable bonds is 8. The summed E-state index contributed by atoms with van der Waals surface area (Å²) < 4.78 is 11.4. The average molecular weight is 391 g/mol. The van der Waals surface area contributed by atoms with Crippen molar-refractivity contribution in [1.29, 1.82) is 0 Å². The molecule has 0 unspecified atom stereocenters. The molecule has 2 rings (SSSR count). The Kier molecular flexibility index (Phi) is 7.42. The summed E-state index contributed by atoms with van der Waals surface area (Å²) in [4.78, 5) is 40.9. The molecule has 144 valence electrons. The molecule has 0 saturated carbocycles. The van der Waals surface area contributed by atoms with Gasteiger partial charge in [0.25, 0.3) is 5.56 Å². The lowest BCUT2D eigenvalue weighted by Gasteiger charge is -2.12. The van der Waals surface area contributed by atoms with E-state index in [1.54, 1.807) is 37.4 Å². The van der Waals surface area contributed by atoms with E-state index < -0.39 is 17.4 Å². The van der Waals surface area contributed by atoms with Crippen LogP contribution in [0.3, 0.4) is 0 Å². The highest BCUT2D eigenvalue weighted by Gasteiger charge is 2.18. The zero-order chi connectivity index (χ0) is 19.8. The van der Waals surface area contributed by atoms with Gasteiger partial charge in [-0.2, -0.15) is 0 Å². The molecule has 8 nitrogen and oxygen atoms in total. The molecule has 1 heterocycles. The Balaban J connectivity index is 2.19. The summed E-state index contributed by atoms with van der Waals surface area (Å²) in [6.45, 7) is 3.94. The molecular formula is C18H21N3O5S. The second kappa shape index (κ2) is 9.77. The molecule has 1 aromatic heterocycles. The zero-order valence-corrected chi connectivity index (χ0v) is 16.2. The molecule has 0 atom stereocenters.